The minimum absolute atomic E-state index is 0.265. The Labute approximate surface area is 98.5 Å². The van der Waals surface area contributed by atoms with Gasteiger partial charge in [-0.05, 0) is 25.7 Å². The third-order valence-corrected chi connectivity index (χ3v) is 3.67. The van der Waals surface area contributed by atoms with Crippen molar-refractivity contribution in [2.24, 2.45) is 0 Å². The first-order valence-electron chi connectivity index (χ1n) is 5.19. The van der Waals surface area contributed by atoms with Crippen LogP contribution < -0.4 is 0 Å². The maximum Gasteiger partial charge on any atom is 0.325 e. The Kier molecular flexibility index (Phi) is 4.47. The highest BCUT2D eigenvalue weighted by molar-refractivity contribution is 7.87. The number of rotatable bonds is 5. The van der Waals surface area contributed by atoms with Crippen LogP contribution in [0.2, 0.25) is 0 Å². The Hall–Kier alpha value is -1.15. The molecule has 0 aromatic rings. The third-order valence-electron chi connectivity index (χ3n) is 2.59. The molecule has 1 unspecified atom stereocenters. The van der Waals surface area contributed by atoms with Crippen molar-refractivity contribution in [2.75, 3.05) is 0 Å². The molecule has 0 aliphatic heterocycles. The number of carbonyl (C=O) groups is 2. The lowest BCUT2D eigenvalue weighted by atomic mass is 10.3. The molecule has 8 heteroatoms. The monoisotopic (exact) mass is 266 g/mol. The molecule has 1 rings (SSSR count). The fourth-order valence-electron chi connectivity index (χ4n) is 1.71. The van der Waals surface area contributed by atoms with E-state index >= 15 is 0 Å². The van der Waals surface area contributed by atoms with Crippen LogP contribution >= 0.6 is 0 Å². The molecule has 7 nitrogen and oxygen atoms in total. The van der Waals surface area contributed by atoms with E-state index < -0.39 is 33.7 Å². The number of esters is 1. The van der Waals surface area contributed by atoms with Crippen LogP contribution in [0, 0.1) is 0 Å². The molecule has 98 valence electrons. The highest BCUT2D eigenvalue weighted by atomic mass is 32.2. The molecule has 1 saturated carbocycles. The Morgan fingerprint density at radius 2 is 1.82 bits per heavy atom. The van der Waals surface area contributed by atoms with Gasteiger partial charge in [-0.15, -0.1) is 0 Å². The van der Waals surface area contributed by atoms with E-state index in [9.17, 15) is 18.0 Å². The van der Waals surface area contributed by atoms with Crippen molar-refractivity contribution in [1.29, 1.82) is 0 Å². The molecule has 0 amide bonds. The maximum atomic E-state index is 11.3. The van der Waals surface area contributed by atoms with Gasteiger partial charge in [0.15, 0.2) is 5.25 Å². The molecule has 1 fully saturated rings. The number of carboxylic acid groups (broad SMARTS) is 1. The fourth-order valence-corrected chi connectivity index (χ4v) is 2.31. The van der Waals surface area contributed by atoms with Crippen LogP contribution in [0.3, 0.4) is 0 Å². The molecule has 0 saturated heterocycles. The lowest BCUT2D eigenvalue weighted by Crippen LogP contribution is -2.33. The summed E-state index contributed by atoms with van der Waals surface area (Å²) in [5.41, 5.74) is 0. The van der Waals surface area contributed by atoms with Gasteiger partial charge in [0.1, 0.15) is 6.10 Å². The molecule has 0 radical (unpaired) electrons. The molecular weight excluding hydrogens is 252 g/mol. The average molecular weight is 266 g/mol. The molecule has 1 atom stereocenters. The van der Waals surface area contributed by atoms with E-state index in [1.165, 1.54) is 0 Å². The fraction of sp³-hybridized carbons (Fsp3) is 0.778. The van der Waals surface area contributed by atoms with Crippen molar-refractivity contribution in [3.63, 3.8) is 0 Å². The van der Waals surface area contributed by atoms with Gasteiger partial charge in [-0.1, -0.05) is 0 Å². The zero-order chi connectivity index (χ0) is 13.1. The van der Waals surface area contributed by atoms with Crippen LogP contribution in [0.15, 0.2) is 0 Å². The SMILES string of the molecule is O=C(CC(C(=O)O)S(=O)(=O)O)OC1CCCC1. The largest absolute Gasteiger partial charge is 0.480 e. The average Bonchev–Trinajstić information content (AvgIpc) is 2.64. The molecule has 0 bridgehead atoms. The van der Waals surface area contributed by atoms with Crippen LogP contribution in [0.4, 0.5) is 0 Å². The van der Waals surface area contributed by atoms with Gasteiger partial charge in [0.25, 0.3) is 10.1 Å². The summed E-state index contributed by atoms with van der Waals surface area (Å²) >= 11 is 0. The zero-order valence-corrected chi connectivity index (χ0v) is 9.85. The molecule has 1 aliphatic carbocycles. The molecule has 0 aromatic heterocycles. The summed E-state index contributed by atoms with van der Waals surface area (Å²) in [7, 11) is -4.79. The highest BCUT2D eigenvalue weighted by Gasteiger charge is 2.34. The van der Waals surface area contributed by atoms with Gasteiger partial charge in [-0.2, -0.15) is 8.42 Å². The standard InChI is InChI=1S/C9H14O7S/c10-8(16-6-3-1-2-4-6)5-7(9(11)12)17(13,14)15/h6-7H,1-5H2,(H,11,12)(H,13,14,15). The van der Waals surface area contributed by atoms with Gasteiger partial charge in [-0.3, -0.25) is 14.1 Å². The number of hydrogen-bond acceptors (Lipinski definition) is 5. The number of hydrogen-bond donors (Lipinski definition) is 2. The Morgan fingerprint density at radius 1 is 1.29 bits per heavy atom. The van der Waals surface area contributed by atoms with E-state index in [4.69, 9.17) is 14.4 Å². The maximum absolute atomic E-state index is 11.3. The summed E-state index contributed by atoms with van der Waals surface area (Å²) < 4.78 is 35.0. The van der Waals surface area contributed by atoms with Gasteiger partial charge < -0.3 is 9.84 Å². The van der Waals surface area contributed by atoms with Gasteiger partial charge in [-0.25, -0.2) is 0 Å². The van der Waals surface area contributed by atoms with E-state index in [2.05, 4.69) is 0 Å². The van der Waals surface area contributed by atoms with Crippen molar-refractivity contribution in [1.82, 2.24) is 0 Å². The first-order chi connectivity index (χ1) is 7.80. The normalized spacial score (nSPS) is 18.9. The minimum Gasteiger partial charge on any atom is -0.480 e. The lowest BCUT2D eigenvalue weighted by Gasteiger charge is -2.13. The molecular formula is C9H14O7S. The zero-order valence-electron chi connectivity index (χ0n) is 9.03. The summed E-state index contributed by atoms with van der Waals surface area (Å²) in [5.74, 6) is -2.68. The lowest BCUT2D eigenvalue weighted by molar-refractivity contribution is -0.151. The van der Waals surface area contributed by atoms with E-state index in [1.807, 2.05) is 0 Å². The second-order valence-corrected chi connectivity index (χ2v) is 5.54. The van der Waals surface area contributed by atoms with Gasteiger partial charge >= 0.3 is 11.9 Å². The summed E-state index contributed by atoms with van der Waals surface area (Å²) in [6.45, 7) is 0. The quantitative estimate of drug-likeness (QED) is 0.539. The Morgan fingerprint density at radius 3 is 2.24 bits per heavy atom. The van der Waals surface area contributed by atoms with Crippen LogP contribution in [0.25, 0.3) is 0 Å². The van der Waals surface area contributed by atoms with Gasteiger partial charge in [0.2, 0.25) is 0 Å². The highest BCUT2D eigenvalue weighted by Crippen LogP contribution is 2.21. The predicted octanol–water partition coefficient (Wildman–Crippen LogP) is 0.203. The molecule has 0 spiro atoms. The van der Waals surface area contributed by atoms with E-state index in [0.29, 0.717) is 12.8 Å². The van der Waals surface area contributed by atoms with Crippen molar-refractivity contribution in [3.05, 3.63) is 0 Å². The van der Waals surface area contributed by atoms with Crippen LogP contribution in [0.5, 0.6) is 0 Å². The van der Waals surface area contributed by atoms with Crippen molar-refractivity contribution in [2.45, 2.75) is 43.5 Å². The minimum atomic E-state index is -4.79. The van der Waals surface area contributed by atoms with Gasteiger partial charge in [0, 0.05) is 0 Å². The first kappa shape index (κ1) is 13.9. The summed E-state index contributed by atoms with van der Waals surface area (Å²) in [4.78, 5) is 21.9. The number of aliphatic carboxylic acids is 1. The predicted molar refractivity (Wildman–Crippen MR) is 55.9 cm³/mol. The topological polar surface area (TPSA) is 118 Å². The molecule has 2 N–H and O–H groups in total. The van der Waals surface area contributed by atoms with Crippen molar-refractivity contribution >= 4 is 22.1 Å². The second kappa shape index (κ2) is 5.46. The van der Waals surface area contributed by atoms with E-state index in [-0.39, 0.29) is 6.10 Å². The second-order valence-electron chi connectivity index (χ2n) is 3.94. The summed E-state index contributed by atoms with van der Waals surface area (Å²) in [6.07, 6.45) is 2.13. The van der Waals surface area contributed by atoms with E-state index in [0.717, 1.165) is 12.8 Å². The Bertz CT molecular complexity index is 394. The van der Waals surface area contributed by atoms with Crippen LogP contribution in [0.1, 0.15) is 32.1 Å². The summed E-state index contributed by atoms with van der Waals surface area (Å²) in [6, 6.07) is 0. The number of carbonyl (C=O) groups excluding carboxylic acids is 1. The molecule has 0 heterocycles. The van der Waals surface area contributed by atoms with Crippen LogP contribution in [-0.2, 0) is 24.4 Å². The van der Waals surface area contributed by atoms with Crippen LogP contribution in [-0.4, -0.2) is 41.4 Å². The molecule has 0 aromatic carbocycles. The van der Waals surface area contributed by atoms with Gasteiger partial charge in [0.05, 0.1) is 6.42 Å². The number of ether oxygens (including phenoxy) is 1. The molecule has 17 heavy (non-hydrogen) atoms. The van der Waals surface area contributed by atoms with Crippen molar-refractivity contribution in [3.8, 4) is 0 Å². The third kappa shape index (κ3) is 4.31. The Balaban J connectivity index is 2.55. The molecule has 1 aliphatic rings. The number of carboxylic acids is 1. The summed E-state index contributed by atoms with van der Waals surface area (Å²) in [5, 5.41) is 6.42. The smallest absolute Gasteiger partial charge is 0.325 e. The van der Waals surface area contributed by atoms with E-state index in [1.54, 1.807) is 0 Å². The first-order valence-corrected chi connectivity index (χ1v) is 6.69. The van der Waals surface area contributed by atoms with Crippen molar-refractivity contribution < 1.29 is 32.4 Å².